The number of amides is 2. The van der Waals surface area contributed by atoms with Crippen LogP contribution >= 0.6 is 11.8 Å². The van der Waals surface area contributed by atoms with Crippen molar-refractivity contribution in [2.75, 3.05) is 36.2 Å². The van der Waals surface area contributed by atoms with Crippen molar-refractivity contribution in [1.82, 2.24) is 20.5 Å². The molecule has 1 aromatic heterocycles. The Bertz CT molecular complexity index is 877. The Morgan fingerprint density at radius 2 is 2.03 bits per heavy atom. The molecule has 0 spiro atoms. The summed E-state index contributed by atoms with van der Waals surface area (Å²) in [5.41, 5.74) is 4.27. The second-order valence-electron chi connectivity index (χ2n) is 9.36. The highest BCUT2D eigenvalue weighted by Crippen LogP contribution is 2.46. The fourth-order valence-corrected chi connectivity index (χ4v) is 5.21. The van der Waals surface area contributed by atoms with Gasteiger partial charge in [-0.1, -0.05) is 37.4 Å². The Morgan fingerprint density at radius 1 is 1.33 bits per heavy atom. The number of rotatable bonds is 11. The second kappa shape index (κ2) is 9.98. The van der Waals surface area contributed by atoms with E-state index in [1.54, 1.807) is 11.2 Å². The lowest BCUT2D eigenvalue weighted by Crippen LogP contribution is -2.63. The topological polar surface area (TPSA) is 131 Å². The van der Waals surface area contributed by atoms with Crippen molar-refractivity contribution in [2.45, 2.75) is 55.7 Å². The average Bonchev–Trinajstić information content (AvgIpc) is 3.53. The van der Waals surface area contributed by atoms with E-state index in [-0.39, 0.29) is 30.5 Å². The fraction of sp³-hybridized carbons (Fsp3) is 0.714. The van der Waals surface area contributed by atoms with Crippen molar-refractivity contribution in [1.29, 1.82) is 0 Å². The van der Waals surface area contributed by atoms with Crippen LogP contribution in [0.4, 0.5) is 16.0 Å². The fourth-order valence-electron chi connectivity index (χ4n) is 4.85. The van der Waals surface area contributed by atoms with Crippen LogP contribution in [0.15, 0.2) is 5.16 Å². The maximum Gasteiger partial charge on any atom is 0.243 e. The lowest BCUT2D eigenvalue weighted by molar-refractivity contribution is -0.154. The van der Waals surface area contributed by atoms with E-state index in [2.05, 4.69) is 20.8 Å². The minimum absolute atomic E-state index is 0.0846. The molecule has 2 aliphatic carbocycles. The minimum Gasteiger partial charge on any atom is -0.386 e. The molecule has 4 N–H and O–H groups in total. The van der Waals surface area contributed by atoms with Crippen molar-refractivity contribution in [3.63, 3.8) is 0 Å². The Hall–Kier alpha value is -2.18. The van der Waals surface area contributed by atoms with Gasteiger partial charge in [-0.15, -0.1) is 0 Å². The zero-order valence-electron chi connectivity index (χ0n) is 18.7. The minimum atomic E-state index is -0.791. The van der Waals surface area contributed by atoms with Gasteiger partial charge in [0, 0.05) is 0 Å². The molecule has 3 fully saturated rings. The van der Waals surface area contributed by atoms with Crippen LogP contribution in [-0.4, -0.2) is 69.2 Å². The summed E-state index contributed by atoms with van der Waals surface area (Å²) in [4.78, 5) is 33.8. The molecule has 1 aromatic rings. The summed E-state index contributed by atoms with van der Waals surface area (Å²) in [7, 11) is 0. The third-order valence-electron chi connectivity index (χ3n) is 6.86. The number of aromatic nitrogens is 2. The summed E-state index contributed by atoms with van der Waals surface area (Å²) < 4.78 is 15.2. The van der Waals surface area contributed by atoms with E-state index in [1.165, 1.54) is 11.8 Å². The molecule has 2 saturated carbocycles. The maximum atomic E-state index is 15.2. The molecule has 10 nitrogen and oxygen atoms in total. The van der Waals surface area contributed by atoms with E-state index in [4.69, 9.17) is 0 Å². The van der Waals surface area contributed by atoms with Crippen LogP contribution in [0.5, 0.6) is 0 Å². The van der Waals surface area contributed by atoms with Crippen molar-refractivity contribution in [3.05, 3.63) is 5.82 Å². The summed E-state index contributed by atoms with van der Waals surface area (Å²) in [5.74, 6) is -1.29. The molecule has 1 saturated heterocycles. The Kier molecular flexibility index (Phi) is 7.25. The predicted molar refractivity (Wildman–Crippen MR) is 120 cm³/mol. The first-order valence-corrected chi connectivity index (χ1v) is 12.6. The number of carbonyl (C=O) groups excluding carboxylic acids is 2. The standard InChI is InChI=1S/C21H31FN6O4S/c1-33-20-23-17(16(22)18(24-20)27-10-21(31,11-27)15-6-7-15)25-26-19(30)14(9-28(32)12-29)8-13-4-2-3-5-13/h12-15,31-32H,2-11H2,1H3,(H,26,30)(H,23,24,25)/t14-/m1/s1. The number of β-amino-alcohol motifs (C(OH)–C–C–N with tert-alkyl or cyclic N) is 1. The first kappa shape index (κ1) is 24.0. The highest BCUT2D eigenvalue weighted by molar-refractivity contribution is 7.98. The van der Waals surface area contributed by atoms with Gasteiger partial charge in [0.2, 0.25) is 18.1 Å². The first-order valence-electron chi connectivity index (χ1n) is 11.4. The summed E-state index contributed by atoms with van der Waals surface area (Å²) >= 11 is 1.24. The van der Waals surface area contributed by atoms with E-state index >= 15 is 4.39 Å². The van der Waals surface area contributed by atoms with Crippen LogP contribution in [-0.2, 0) is 9.59 Å². The summed E-state index contributed by atoms with van der Waals surface area (Å²) in [6.45, 7) is 0.480. The van der Waals surface area contributed by atoms with Crippen molar-refractivity contribution < 1.29 is 24.3 Å². The largest absolute Gasteiger partial charge is 0.386 e. The van der Waals surface area contributed by atoms with Gasteiger partial charge in [0.05, 0.1) is 25.6 Å². The molecule has 0 unspecified atom stereocenters. The van der Waals surface area contributed by atoms with Gasteiger partial charge < -0.3 is 10.0 Å². The molecule has 33 heavy (non-hydrogen) atoms. The number of carbonyl (C=O) groups is 2. The van der Waals surface area contributed by atoms with Crippen molar-refractivity contribution in [2.24, 2.45) is 17.8 Å². The number of nitrogens with zero attached hydrogens (tertiary/aromatic N) is 4. The first-order chi connectivity index (χ1) is 15.8. The van der Waals surface area contributed by atoms with E-state index in [9.17, 15) is 19.9 Å². The molecule has 2 amide bonds. The number of hydrazine groups is 1. The number of hydrogen-bond acceptors (Lipinski definition) is 9. The van der Waals surface area contributed by atoms with E-state index in [0.717, 1.165) is 38.5 Å². The van der Waals surface area contributed by atoms with Gasteiger partial charge in [-0.3, -0.25) is 25.6 Å². The van der Waals surface area contributed by atoms with Gasteiger partial charge >= 0.3 is 0 Å². The van der Waals surface area contributed by atoms with Crippen molar-refractivity contribution in [3.8, 4) is 0 Å². The quantitative estimate of drug-likeness (QED) is 0.123. The molecule has 3 aliphatic rings. The predicted octanol–water partition coefficient (Wildman–Crippen LogP) is 1.79. The van der Waals surface area contributed by atoms with Crippen LogP contribution in [0, 0.1) is 23.6 Å². The zero-order chi connectivity index (χ0) is 23.6. The van der Waals surface area contributed by atoms with Crippen LogP contribution in [0.25, 0.3) is 0 Å². The molecule has 2 heterocycles. The maximum absolute atomic E-state index is 15.2. The monoisotopic (exact) mass is 482 g/mol. The Morgan fingerprint density at radius 3 is 2.64 bits per heavy atom. The zero-order valence-corrected chi connectivity index (χ0v) is 19.5. The second-order valence-corrected chi connectivity index (χ2v) is 10.1. The Balaban J connectivity index is 1.43. The molecule has 1 atom stereocenters. The lowest BCUT2D eigenvalue weighted by atomic mass is 9.89. The van der Waals surface area contributed by atoms with E-state index in [1.807, 2.05) is 0 Å². The van der Waals surface area contributed by atoms with Crippen LogP contribution in [0.1, 0.15) is 44.9 Å². The molecule has 0 bridgehead atoms. The molecule has 1 aliphatic heterocycles. The van der Waals surface area contributed by atoms with Crippen LogP contribution in [0.2, 0.25) is 0 Å². The molecular weight excluding hydrogens is 451 g/mol. The summed E-state index contributed by atoms with van der Waals surface area (Å²) in [5, 5.41) is 21.0. The molecular formula is C21H31FN6O4S. The number of aliphatic hydroxyl groups is 1. The third-order valence-corrected chi connectivity index (χ3v) is 7.41. The average molecular weight is 483 g/mol. The molecule has 0 aromatic carbocycles. The van der Waals surface area contributed by atoms with E-state index in [0.29, 0.717) is 35.6 Å². The molecule has 12 heteroatoms. The van der Waals surface area contributed by atoms with Gasteiger partial charge in [0.15, 0.2) is 16.8 Å². The number of hydroxylamine groups is 2. The number of thioether (sulfide) groups is 1. The summed E-state index contributed by atoms with van der Waals surface area (Å²) in [6.07, 6.45) is 8.76. The highest BCUT2D eigenvalue weighted by atomic mass is 32.2. The Labute approximate surface area is 196 Å². The van der Waals surface area contributed by atoms with Crippen LogP contribution in [0.3, 0.4) is 0 Å². The SMILES string of the molecule is CSc1nc(NNC(=O)[C@H](CC2CCCC2)CN(O)C=O)c(F)c(N2CC(O)(C3CC3)C2)n1. The normalized spacial score (nSPS) is 20.8. The molecule has 4 rings (SSSR count). The van der Waals surface area contributed by atoms with Gasteiger partial charge in [0.25, 0.3) is 0 Å². The van der Waals surface area contributed by atoms with Gasteiger partial charge in [-0.25, -0.2) is 15.0 Å². The lowest BCUT2D eigenvalue weighted by Gasteiger charge is -2.47. The number of nitrogens with one attached hydrogen (secondary N) is 2. The third kappa shape index (κ3) is 5.49. The van der Waals surface area contributed by atoms with Gasteiger partial charge in [-0.2, -0.15) is 4.39 Å². The van der Waals surface area contributed by atoms with E-state index < -0.39 is 23.2 Å². The van der Waals surface area contributed by atoms with Gasteiger partial charge in [-0.05, 0) is 37.4 Å². The highest BCUT2D eigenvalue weighted by Gasteiger charge is 2.53. The summed E-state index contributed by atoms with van der Waals surface area (Å²) in [6, 6.07) is 0. The van der Waals surface area contributed by atoms with Gasteiger partial charge in [0.1, 0.15) is 5.60 Å². The smallest absolute Gasteiger partial charge is 0.243 e. The number of hydrogen-bond donors (Lipinski definition) is 4. The molecule has 0 radical (unpaired) electrons. The number of halogens is 1. The van der Waals surface area contributed by atoms with Crippen molar-refractivity contribution >= 4 is 35.7 Å². The molecule has 182 valence electrons. The number of anilines is 2. The van der Waals surface area contributed by atoms with Crippen LogP contribution < -0.4 is 15.8 Å².